The molecule has 2 rings (SSSR count). The molecule has 0 aliphatic carbocycles. The van der Waals surface area contributed by atoms with Gasteiger partial charge in [0.2, 0.25) is 5.91 Å². The largest absolute Gasteiger partial charge is 0.383 e. The van der Waals surface area contributed by atoms with Crippen LogP contribution in [0.2, 0.25) is 5.02 Å². The van der Waals surface area contributed by atoms with E-state index in [1.165, 1.54) is 0 Å². The van der Waals surface area contributed by atoms with Gasteiger partial charge in [0.1, 0.15) is 5.60 Å². The van der Waals surface area contributed by atoms with Crippen LogP contribution >= 0.6 is 11.6 Å². The molecule has 0 aliphatic heterocycles. The number of carbonyl (C=O) groups excluding carboxylic acids is 1. The van der Waals surface area contributed by atoms with Crippen molar-refractivity contribution in [2.24, 2.45) is 7.05 Å². The van der Waals surface area contributed by atoms with Gasteiger partial charge in [-0.15, -0.1) is 0 Å². The predicted molar refractivity (Wildman–Crippen MR) is 90.9 cm³/mol. The average Bonchev–Trinajstić information content (AvgIpc) is 2.94. The maximum Gasteiger partial charge on any atom is 0.247 e. The Morgan fingerprint density at radius 3 is 2.78 bits per heavy atom. The average molecular weight is 334 g/mol. The van der Waals surface area contributed by atoms with E-state index in [1.807, 2.05) is 18.2 Å². The molecule has 1 atom stereocenters. The molecule has 0 saturated carbocycles. The third-order valence-electron chi connectivity index (χ3n) is 3.56. The van der Waals surface area contributed by atoms with Crippen LogP contribution in [0, 0.1) is 0 Å². The fourth-order valence-electron chi connectivity index (χ4n) is 2.08. The Balaban J connectivity index is 2.03. The van der Waals surface area contributed by atoms with Crippen LogP contribution in [0.15, 0.2) is 42.2 Å². The minimum Gasteiger partial charge on any atom is -0.383 e. The Labute approximate surface area is 140 Å². The smallest absolute Gasteiger partial charge is 0.247 e. The van der Waals surface area contributed by atoms with Crippen LogP contribution < -0.4 is 5.32 Å². The fourth-order valence-corrected chi connectivity index (χ4v) is 2.27. The van der Waals surface area contributed by atoms with Gasteiger partial charge in [0.25, 0.3) is 0 Å². The van der Waals surface area contributed by atoms with Crippen LogP contribution in [0.3, 0.4) is 0 Å². The number of nitrogens with one attached hydrogen (secondary N) is 1. The molecular weight excluding hydrogens is 314 g/mol. The van der Waals surface area contributed by atoms with E-state index in [9.17, 15) is 9.90 Å². The van der Waals surface area contributed by atoms with Crippen molar-refractivity contribution in [1.29, 1.82) is 0 Å². The van der Waals surface area contributed by atoms with E-state index in [-0.39, 0.29) is 12.5 Å². The molecule has 1 heterocycles. The highest BCUT2D eigenvalue weighted by molar-refractivity contribution is 6.32. The molecule has 0 fully saturated rings. The van der Waals surface area contributed by atoms with Crippen LogP contribution in [-0.4, -0.2) is 27.3 Å². The van der Waals surface area contributed by atoms with Gasteiger partial charge in [-0.05, 0) is 31.6 Å². The molecule has 1 unspecified atom stereocenters. The predicted octanol–water partition coefficient (Wildman–Crippen LogP) is 2.50. The summed E-state index contributed by atoms with van der Waals surface area (Å²) < 4.78 is 1.61. The third kappa shape index (κ3) is 4.43. The van der Waals surface area contributed by atoms with Gasteiger partial charge in [0.05, 0.1) is 12.7 Å². The van der Waals surface area contributed by atoms with Gasteiger partial charge in [0.15, 0.2) is 0 Å². The summed E-state index contributed by atoms with van der Waals surface area (Å²) >= 11 is 6.08. The molecule has 1 amide bonds. The molecule has 5 nitrogen and oxygen atoms in total. The van der Waals surface area contributed by atoms with Crippen LogP contribution in [-0.2, 0) is 17.4 Å². The number of halogens is 1. The first kappa shape index (κ1) is 17.2. The zero-order valence-corrected chi connectivity index (χ0v) is 14.1. The summed E-state index contributed by atoms with van der Waals surface area (Å²) in [5.74, 6) is -0.255. The monoisotopic (exact) mass is 333 g/mol. The highest BCUT2D eigenvalue weighted by atomic mass is 35.5. The molecule has 0 radical (unpaired) electrons. The number of benzene rings is 1. The molecule has 0 saturated heterocycles. The van der Waals surface area contributed by atoms with Crippen molar-refractivity contribution in [1.82, 2.24) is 15.1 Å². The minimum atomic E-state index is -1.19. The first-order chi connectivity index (χ1) is 10.8. The van der Waals surface area contributed by atoms with Crippen molar-refractivity contribution in [2.45, 2.75) is 19.4 Å². The second-order valence-corrected chi connectivity index (χ2v) is 6.12. The lowest BCUT2D eigenvalue weighted by atomic mass is 9.99. The maximum absolute atomic E-state index is 12.2. The summed E-state index contributed by atoms with van der Waals surface area (Å²) in [7, 11) is 1.77. The van der Waals surface area contributed by atoms with Gasteiger partial charge >= 0.3 is 0 Å². The van der Waals surface area contributed by atoms with Crippen molar-refractivity contribution >= 4 is 23.6 Å². The van der Waals surface area contributed by atoms with Crippen molar-refractivity contribution in [3.05, 3.63) is 58.4 Å². The van der Waals surface area contributed by atoms with E-state index in [0.717, 1.165) is 5.56 Å². The van der Waals surface area contributed by atoms with Crippen molar-refractivity contribution in [3.8, 4) is 0 Å². The zero-order chi connectivity index (χ0) is 17.0. The molecule has 1 aromatic heterocycles. The summed E-state index contributed by atoms with van der Waals surface area (Å²) in [5, 5.41) is 17.8. The first-order valence-electron chi connectivity index (χ1n) is 7.22. The van der Waals surface area contributed by atoms with E-state index < -0.39 is 5.60 Å². The summed E-state index contributed by atoms with van der Waals surface area (Å²) in [5.41, 5.74) is 0.753. The summed E-state index contributed by atoms with van der Waals surface area (Å²) in [6, 6.07) is 7.30. The highest BCUT2D eigenvalue weighted by Gasteiger charge is 2.25. The maximum atomic E-state index is 12.2. The summed E-state index contributed by atoms with van der Waals surface area (Å²) in [6.45, 7) is 3.43. The van der Waals surface area contributed by atoms with E-state index >= 15 is 0 Å². The van der Waals surface area contributed by atoms with Gasteiger partial charge in [-0.25, -0.2) is 0 Å². The summed E-state index contributed by atoms with van der Waals surface area (Å²) in [6.07, 6.45) is 5.02. The van der Waals surface area contributed by atoms with E-state index in [2.05, 4.69) is 10.4 Å². The standard InChI is InChI=1S/C17H20ClN3O2/c1-12(8-13-6-4-5-7-15(13)18)16(22)19-11-17(2,23)14-9-20-21(3)10-14/h4-10,23H,11H2,1-3H3,(H,19,22)/b12-8-. The van der Waals surface area contributed by atoms with Gasteiger partial charge < -0.3 is 10.4 Å². The number of aliphatic hydroxyl groups is 1. The van der Waals surface area contributed by atoms with Gasteiger partial charge in [0, 0.05) is 29.4 Å². The molecule has 2 N–H and O–H groups in total. The summed E-state index contributed by atoms with van der Waals surface area (Å²) in [4.78, 5) is 12.2. The Hall–Kier alpha value is -2.11. The molecular formula is C17H20ClN3O2. The molecule has 122 valence electrons. The lowest BCUT2D eigenvalue weighted by molar-refractivity contribution is -0.118. The van der Waals surface area contributed by atoms with Gasteiger partial charge in [-0.2, -0.15) is 5.10 Å². The molecule has 23 heavy (non-hydrogen) atoms. The van der Waals surface area contributed by atoms with Crippen molar-refractivity contribution in [2.75, 3.05) is 6.54 Å². The number of carbonyl (C=O) groups is 1. The Kier molecular flexibility index (Phi) is 5.23. The molecule has 1 aromatic carbocycles. The Bertz CT molecular complexity index is 735. The molecule has 0 spiro atoms. The number of nitrogens with zero attached hydrogens (tertiary/aromatic N) is 2. The zero-order valence-electron chi connectivity index (χ0n) is 13.4. The van der Waals surface area contributed by atoms with E-state index in [1.54, 1.807) is 50.1 Å². The SMILES string of the molecule is C/C(=C/c1ccccc1Cl)C(=O)NCC(C)(O)c1cnn(C)c1. The normalized spacial score (nSPS) is 14.4. The number of amides is 1. The van der Waals surface area contributed by atoms with Crippen molar-refractivity contribution < 1.29 is 9.90 Å². The molecule has 0 aliphatic rings. The lowest BCUT2D eigenvalue weighted by Crippen LogP contribution is -2.38. The van der Waals surface area contributed by atoms with E-state index in [4.69, 9.17) is 11.6 Å². The minimum absolute atomic E-state index is 0.0885. The fraction of sp³-hybridized carbons (Fsp3) is 0.294. The number of hydrogen-bond acceptors (Lipinski definition) is 3. The van der Waals surface area contributed by atoms with Crippen LogP contribution in [0.1, 0.15) is 25.0 Å². The molecule has 6 heteroatoms. The number of rotatable bonds is 5. The lowest BCUT2D eigenvalue weighted by Gasteiger charge is -2.22. The first-order valence-corrected chi connectivity index (χ1v) is 7.60. The number of aromatic nitrogens is 2. The van der Waals surface area contributed by atoms with E-state index in [0.29, 0.717) is 16.2 Å². The van der Waals surface area contributed by atoms with Crippen LogP contribution in [0.5, 0.6) is 0 Å². The second-order valence-electron chi connectivity index (χ2n) is 5.71. The second kappa shape index (κ2) is 6.98. The van der Waals surface area contributed by atoms with Gasteiger partial charge in [-0.1, -0.05) is 29.8 Å². The topological polar surface area (TPSA) is 67.2 Å². The highest BCUT2D eigenvalue weighted by Crippen LogP contribution is 2.20. The van der Waals surface area contributed by atoms with Crippen molar-refractivity contribution in [3.63, 3.8) is 0 Å². The third-order valence-corrected chi connectivity index (χ3v) is 3.90. The molecule has 0 bridgehead atoms. The Morgan fingerprint density at radius 2 is 2.17 bits per heavy atom. The molecule has 2 aromatic rings. The number of hydrogen-bond donors (Lipinski definition) is 2. The van der Waals surface area contributed by atoms with Crippen LogP contribution in [0.4, 0.5) is 0 Å². The van der Waals surface area contributed by atoms with Gasteiger partial charge in [-0.3, -0.25) is 9.48 Å². The Morgan fingerprint density at radius 1 is 1.48 bits per heavy atom. The quantitative estimate of drug-likeness (QED) is 0.826. The number of aryl methyl sites for hydroxylation is 1. The van der Waals surface area contributed by atoms with Crippen LogP contribution in [0.25, 0.3) is 6.08 Å².